The summed E-state index contributed by atoms with van der Waals surface area (Å²) in [5.41, 5.74) is 3.33. The van der Waals surface area contributed by atoms with E-state index in [2.05, 4.69) is 44.1 Å². The van der Waals surface area contributed by atoms with Gasteiger partial charge < -0.3 is 9.47 Å². The number of carbonyl (C=O) groups is 1. The third-order valence-corrected chi connectivity index (χ3v) is 6.01. The number of aryl methyl sites for hydroxylation is 1. The van der Waals surface area contributed by atoms with Crippen molar-refractivity contribution in [1.82, 2.24) is 19.4 Å². The monoisotopic (exact) mass is 394 g/mol. The Kier molecular flexibility index (Phi) is 5.88. The van der Waals surface area contributed by atoms with Gasteiger partial charge in [-0.2, -0.15) is 0 Å². The summed E-state index contributed by atoms with van der Waals surface area (Å²) in [5.74, 6) is 0.222. The van der Waals surface area contributed by atoms with Gasteiger partial charge in [-0.1, -0.05) is 12.1 Å². The van der Waals surface area contributed by atoms with E-state index in [1.165, 1.54) is 0 Å². The summed E-state index contributed by atoms with van der Waals surface area (Å²) in [7, 11) is 0. The second-order valence-electron chi connectivity index (χ2n) is 7.30. The normalized spacial score (nSPS) is 15.5. The van der Waals surface area contributed by atoms with Gasteiger partial charge in [0.25, 0.3) is 0 Å². The number of nitrogens with zero attached hydrogens (tertiary/aromatic N) is 4. The minimum absolute atomic E-state index is 0.222. The van der Waals surface area contributed by atoms with Gasteiger partial charge >= 0.3 is 0 Å². The van der Waals surface area contributed by atoms with E-state index < -0.39 is 0 Å². The standard InChI is InChI=1S/C22H26N4OS/c1-18-23-20(17-28-18)16-24-9-4-12-26(14-13-24)22(27)15-19-5-7-21(8-6-19)25-10-2-3-11-25/h2-3,5-8,10-11,17H,4,9,12-16H2,1H3. The second-order valence-corrected chi connectivity index (χ2v) is 8.36. The Bertz CT molecular complexity index is 901. The van der Waals surface area contributed by atoms with E-state index in [0.717, 1.165) is 61.1 Å². The average Bonchev–Trinajstić information content (AvgIpc) is 3.31. The Morgan fingerprint density at radius 2 is 1.86 bits per heavy atom. The Morgan fingerprint density at radius 1 is 1.07 bits per heavy atom. The number of hydrogen-bond acceptors (Lipinski definition) is 4. The number of thiazole rings is 1. The maximum atomic E-state index is 12.8. The van der Waals surface area contributed by atoms with Crippen molar-refractivity contribution in [2.24, 2.45) is 0 Å². The van der Waals surface area contributed by atoms with Crippen molar-refractivity contribution in [2.45, 2.75) is 26.3 Å². The first kappa shape index (κ1) is 18.9. The van der Waals surface area contributed by atoms with Gasteiger partial charge in [-0.15, -0.1) is 11.3 Å². The zero-order valence-electron chi connectivity index (χ0n) is 16.3. The van der Waals surface area contributed by atoms with Gasteiger partial charge in [0.05, 0.1) is 17.1 Å². The quantitative estimate of drug-likeness (QED) is 0.665. The van der Waals surface area contributed by atoms with E-state index in [4.69, 9.17) is 0 Å². The summed E-state index contributed by atoms with van der Waals surface area (Å²) in [6.45, 7) is 6.49. The van der Waals surface area contributed by atoms with Crippen molar-refractivity contribution in [3.63, 3.8) is 0 Å². The fraction of sp³-hybridized carbons (Fsp3) is 0.364. The number of rotatable bonds is 5. The lowest BCUT2D eigenvalue weighted by Gasteiger charge is -2.21. The van der Waals surface area contributed by atoms with Crippen molar-refractivity contribution < 1.29 is 4.79 Å². The molecule has 0 unspecified atom stereocenters. The number of aromatic nitrogens is 2. The molecule has 6 heteroatoms. The highest BCUT2D eigenvalue weighted by molar-refractivity contribution is 7.09. The van der Waals surface area contributed by atoms with Gasteiger partial charge in [-0.05, 0) is 43.2 Å². The zero-order chi connectivity index (χ0) is 19.3. The van der Waals surface area contributed by atoms with Crippen LogP contribution in [0.2, 0.25) is 0 Å². The molecule has 1 fully saturated rings. The molecule has 1 aliphatic heterocycles. The van der Waals surface area contributed by atoms with Crippen molar-refractivity contribution in [3.8, 4) is 5.69 Å². The highest BCUT2D eigenvalue weighted by Crippen LogP contribution is 2.14. The molecular weight excluding hydrogens is 368 g/mol. The van der Waals surface area contributed by atoms with E-state index in [1.54, 1.807) is 11.3 Å². The Balaban J connectivity index is 1.31. The van der Waals surface area contributed by atoms with Crippen LogP contribution < -0.4 is 0 Å². The largest absolute Gasteiger partial charge is 0.341 e. The van der Waals surface area contributed by atoms with Gasteiger partial charge in [-0.3, -0.25) is 9.69 Å². The summed E-state index contributed by atoms with van der Waals surface area (Å²) >= 11 is 1.70. The molecule has 1 saturated heterocycles. The minimum Gasteiger partial charge on any atom is -0.341 e. The molecule has 0 bridgehead atoms. The van der Waals surface area contributed by atoms with E-state index in [0.29, 0.717) is 6.42 Å². The van der Waals surface area contributed by atoms with Crippen LogP contribution in [0, 0.1) is 6.92 Å². The molecule has 0 atom stereocenters. The highest BCUT2D eigenvalue weighted by Gasteiger charge is 2.20. The van der Waals surface area contributed by atoms with Crippen LogP contribution in [0.25, 0.3) is 5.69 Å². The first-order valence-electron chi connectivity index (χ1n) is 9.81. The zero-order valence-corrected chi connectivity index (χ0v) is 17.1. The second kappa shape index (κ2) is 8.71. The molecule has 3 aromatic rings. The van der Waals surface area contributed by atoms with Crippen molar-refractivity contribution in [1.29, 1.82) is 0 Å². The van der Waals surface area contributed by atoms with Crippen LogP contribution in [0.5, 0.6) is 0 Å². The van der Waals surface area contributed by atoms with Crippen LogP contribution in [0.4, 0.5) is 0 Å². The molecule has 0 spiro atoms. The maximum Gasteiger partial charge on any atom is 0.227 e. The lowest BCUT2D eigenvalue weighted by molar-refractivity contribution is -0.130. The summed E-state index contributed by atoms with van der Waals surface area (Å²) < 4.78 is 2.07. The molecule has 28 heavy (non-hydrogen) atoms. The summed E-state index contributed by atoms with van der Waals surface area (Å²) in [4.78, 5) is 21.8. The maximum absolute atomic E-state index is 12.8. The number of benzene rings is 1. The molecule has 1 amide bonds. The summed E-state index contributed by atoms with van der Waals surface area (Å²) in [6, 6.07) is 12.3. The van der Waals surface area contributed by atoms with Crippen LogP contribution >= 0.6 is 11.3 Å². The number of carbonyl (C=O) groups excluding carboxylic acids is 1. The fourth-order valence-corrected chi connectivity index (χ4v) is 4.27. The molecule has 4 rings (SSSR count). The lowest BCUT2D eigenvalue weighted by Crippen LogP contribution is -2.36. The molecular formula is C22H26N4OS. The number of amides is 1. The van der Waals surface area contributed by atoms with Gasteiger partial charge in [-0.25, -0.2) is 4.98 Å². The third kappa shape index (κ3) is 4.69. The molecule has 0 aliphatic carbocycles. The van der Waals surface area contributed by atoms with Crippen LogP contribution in [-0.2, 0) is 17.8 Å². The van der Waals surface area contributed by atoms with E-state index in [1.807, 2.05) is 36.4 Å². The van der Waals surface area contributed by atoms with E-state index in [-0.39, 0.29) is 5.91 Å². The molecule has 1 aromatic carbocycles. The SMILES string of the molecule is Cc1nc(CN2CCCN(C(=O)Cc3ccc(-n4cccc4)cc3)CC2)cs1. The van der Waals surface area contributed by atoms with Crippen molar-refractivity contribution >= 4 is 17.2 Å². The van der Waals surface area contributed by atoms with E-state index >= 15 is 0 Å². The predicted octanol–water partition coefficient (Wildman–Crippen LogP) is 3.52. The van der Waals surface area contributed by atoms with Crippen molar-refractivity contribution in [3.05, 3.63) is 70.4 Å². The number of hydrogen-bond donors (Lipinski definition) is 0. The fourth-order valence-electron chi connectivity index (χ4n) is 3.67. The van der Waals surface area contributed by atoms with E-state index in [9.17, 15) is 4.79 Å². The first-order valence-corrected chi connectivity index (χ1v) is 10.7. The Hall–Kier alpha value is -2.44. The molecule has 1 aliphatic rings. The third-order valence-electron chi connectivity index (χ3n) is 5.19. The minimum atomic E-state index is 0.222. The summed E-state index contributed by atoms with van der Waals surface area (Å²) in [6.07, 6.45) is 5.53. The lowest BCUT2D eigenvalue weighted by atomic mass is 10.1. The van der Waals surface area contributed by atoms with Gasteiger partial charge in [0, 0.05) is 56.2 Å². The highest BCUT2D eigenvalue weighted by atomic mass is 32.1. The predicted molar refractivity (Wildman–Crippen MR) is 113 cm³/mol. The van der Waals surface area contributed by atoms with Crippen molar-refractivity contribution in [2.75, 3.05) is 26.2 Å². The molecule has 0 saturated carbocycles. The Morgan fingerprint density at radius 3 is 2.57 bits per heavy atom. The molecule has 0 radical (unpaired) electrons. The van der Waals surface area contributed by atoms with Gasteiger partial charge in [0.2, 0.25) is 5.91 Å². The average molecular weight is 395 g/mol. The molecule has 3 heterocycles. The van der Waals surface area contributed by atoms with Crippen LogP contribution in [0.15, 0.2) is 54.2 Å². The molecule has 146 valence electrons. The van der Waals surface area contributed by atoms with Crippen LogP contribution in [0.1, 0.15) is 22.7 Å². The van der Waals surface area contributed by atoms with Crippen LogP contribution in [0.3, 0.4) is 0 Å². The molecule has 0 N–H and O–H groups in total. The smallest absolute Gasteiger partial charge is 0.227 e. The van der Waals surface area contributed by atoms with Gasteiger partial charge in [0.1, 0.15) is 0 Å². The molecule has 5 nitrogen and oxygen atoms in total. The molecule has 2 aromatic heterocycles. The summed E-state index contributed by atoms with van der Waals surface area (Å²) in [5, 5.41) is 3.25. The first-order chi connectivity index (χ1) is 13.7. The topological polar surface area (TPSA) is 41.4 Å². The van der Waals surface area contributed by atoms with Crippen LogP contribution in [-0.4, -0.2) is 51.4 Å². The van der Waals surface area contributed by atoms with Gasteiger partial charge in [0.15, 0.2) is 0 Å². The Labute approximate surface area is 170 Å².